The third-order valence-electron chi connectivity index (χ3n) is 11.6. The van der Waals surface area contributed by atoms with E-state index in [1.807, 2.05) is 41.5 Å². The molecule has 1 aromatic carbocycles. The van der Waals surface area contributed by atoms with Crippen LogP contribution in [0.15, 0.2) is 42.9 Å². The minimum Gasteiger partial charge on any atom is -0.341 e. The minimum absolute atomic E-state index is 0.0889. The maximum Gasteiger partial charge on any atom is 0.261 e. The number of aryl methyl sites for hydroxylation is 1. The van der Waals surface area contributed by atoms with Crippen molar-refractivity contribution in [3.63, 3.8) is 0 Å². The molecule has 0 atom stereocenters. The fourth-order valence-corrected chi connectivity index (χ4v) is 8.08. The van der Waals surface area contributed by atoms with Crippen molar-refractivity contribution in [1.29, 1.82) is 0 Å². The Hall–Kier alpha value is -4.45. The van der Waals surface area contributed by atoms with E-state index in [0.29, 0.717) is 34.4 Å². The summed E-state index contributed by atoms with van der Waals surface area (Å²) in [7, 11) is 0. The lowest BCUT2D eigenvalue weighted by atomic mass is 9.83. The van der Waals surface area contributed by atoms with E-state index in [1.165, 1.54) is 19.3 Å². The van der Waals surface area contributed by atoms with Gasteiger partial charge in [0.1, 0.15) is 11.1 Å². The van der Waals surface area contributed by atoms with Crippen LogP contribution in [0.1, 0.15) is 100 Å². The second-order valence-corrected chi connectivity index (χ2v) is 15.8. The lowest BCUT2D eigenvalue weighted by Crippen LogP contribution is -2.57. The van der Waals surface area contributed by atoms with Crippen molar-refractivity contribution >= 4 is 40.0 Å². The summed E-state index contributed by atoms with van der Waals surface area (Å²) in [5.74, 6) is 0.103. The average molecular weight is 697 g/mol. The second kappa shape index (κ2) is 12.4. The molecule has 4 aromatic rings. The van der Waals surface area contributed by atoms with Crippen LogP contribution in [-0.2, 0) is 10.2 Å². The summed E-state index contributed by atoms with van der Waals surface area (Å²) in [6.45, 7) is 12.1. The summed E-state index contributed by atoms with van der Waals surface area (Å²) in [5.41, 5.74) is 3.99. The summed E-state index contributed by atoms with van der Waals surface area (Å²) < 4.78 is 29.3. The molecule has 10 nitrogen and oxygen atoms in total. The van der Waals surface area contributed by atoms with Crippen LogP contribution in [0.2, 0.25) is 0 Å². The van der Waals surface area contributed by atoms with E-state index in [4.69, 9.17) is 15.0 Å². The molecule has 1 saturated heterocycles. The van der Waals surface area contributed by atoms with Gasteiger partial charge in [-0.15, -0.1) is 0 Å². The highest BCUT2D eigenvalue weighted by molar-refractivity contribution is 6.08. The molecule has 2 aliphatic carbocycles. The number of nitrogens with zero attached hydrogens (tertiary/aromatic N) is 6. The molecule has 12 heteroatoms. The molecule has 2 amide bonds. The minimum atomic E-state index is -2.62. The summed E-state index contributed by atoms with van der Waals surface area (Å²) in [4.78, 5) is 46.5. The van der Waals surface area contributed by atoms with Gasteiger partial charge >= 0.3 is 0 Å². The first-order chi connectivity index (χ1) is 24.4. The molecule has 3 aromatic heterocycles. The Morgan fingerprint density at radius 2 is 1.75 bits per heavy atom. The van der Waals surface area contributed by atoms with Gasteiger partial charge in [0, 0.05) is 41.1 Å². The number of hydrogen-bond donors (Lipinski definition) is 2. The summed E-state index contributed by atoms with van der Waals surface area (Å²) in [6, 6.07) is 10.1. The van der Waals surface area contributed by atoms with Crippen molar-refractivity contribution in [3.8, 4) is 11.3 Å². The standard InChI is InChI=1S/C39H46F2N8O2/c1-22(2)48-21-43-30-19-29(45-34(32(30)48)44-25-10-9-23(3)28(16-25)35(50)46-39(11-12-39)36(40)41)24-15-31-33(42-20-24)38(4,5)37(51)49(31)27-17-26(18-27)47-13-7-6-8-14-47/h9-10,15-16,19-22,26-27,36H,6-8,11-14,17-18H2,1-5H3,(H,44,45)(H,46,50)/t26-,27+. The molecule has 2 N–H and O–H groups in total. The first-order valence-corrected chi connectivity index (χ1v) is 18.3. The largest absolute Gasteiger partial charge is 0.341 e. The second-order valence-electron chi connectivity index (χ2n) is 15.8. The van der Waals surface area contributed by atoms with Crippen molar-refractivity contribution in [1.82, 2.24) is 29.7 Å². The van der Waals surface area contributed by atoms with Crippen molar-refractivity contribution < 1.29 is 18.4 Å². The molecule has 51 heavy (non-hydrogen) atoms. The number of piperidine rings is 1. The van der Waals surface area contributed by atoms with Crippen LogP contribution in [0.25, 0.3) is 22.3 Å². The number of alkyl halides is 2. The highest BCUT2D eigenvalue weighted by atomic mass is 19.3. The average Bonchev–Trinajstić information content (AvgIpc) is 3.69. The first kappa shape index (κ1) is 33.7. The van der Waals surface area contributed by atoms with Crippen molar-refractivity contribution in [2.24, 2.45) is 0 Å². The Kier molecular flexibility index (Phi) is 8.16. The lowest BCUT2D eigenvalue weighted by Gasteiger charge is -2.47. The number of carbonyl (C=O) groups excluding carboxylic acids is 2. The monoisotopic (exact) mass is 696 g/mol. The number of hydrogen-bond acceptors (Lipinski definition) is 7. The number of rotatable bonds is 9. The summed E-state index contributed by atoms with van der Waals surface area (Å²) in [5, 5.41) is 6.01. The fraction of sp³-hybridized carbons (Fsp3) is 0.513. The van der Waals surface area contributed by atoms with Gasteiger partial charge < -0.3 is 25.0 Å². The molecular formula is C39H46F2N8O2. The van der Waals surface area contributed by atoms with Gasteiger partial charge in [-0.2, -0.15) is 0 Å². The number of pyridine rings is 2. The molecule has 8 rings (SSSR count). The quantitative estimate of drug-likeness (QED) is 0.189. The van der Waals surface area contributed by atoms with Crippen LogP contribution in [0.4, 0.5) is 26.0 Å². The Morgan fingerprint density at radius 1 is 1.00 bits per heavy atom. The lowest BCUT2D eigenvalue weighted by molar-refractivity contribution is -0.123. The van der Waals surface area contributed by atoms with E-state index in [1.54, 1.807) is 31.6 Å². The van der Waals surface area contributed by atoms with Gasteiger partial charge in [-0.25, -0.2) is 18.7 Å². The predicted octanol–water partition coefficient (Wildman–Crippen LogP) is 7.29. The highest BCUT2D eigenvalue weighted by Gasteiger charge is 2.53. The fourth-order valence-electron chi connectivity index (χ4n) is 8.08. The Bertz CT molecular complexity index is 2020. The van der Waals surface area contributed by atoms with Gasteiger partial charge in [-0.3, -0.25) is 14.6 Å². The predicted molar refractivity (Wildman–Crippen MR) is 194 cm³/mol. The van der Waals surface area contributed by atoms with E-state index in [9.17, 15) is 18.4 Å². The normalized spacial score (nSPS) is 22.4. The number of amides is 2. The van der Waals surface area contributed by atoms with Crippen molar-refractivity contribution in [2.45, 2.75) is 115 Å². The maximum absolute atomic E-state index is 13.9. The number of halogens is 2. The molecule has 2 aliphatic heterocycles. The number of imidazole rings is 1. The summed E-state index contributed by atoms with van der Waals surface area (Å²) >= 11 is 0. The third-order valence-corrected chi connectivity index (χ3v) is 11.6. The smallest absolute Gasteiger partial charge is 0.261 e. The number of likely N-dealkylation sites (tertiary alicyclic amines) is 1. The molecule has 4 aliphatic rings. The van der Waals surface area contributed by atoms with E-state index in [0.717, 1.165) is 53.9 Å². The molecule has 268 valence electrons. The van der Waals surface area contributed by atoms with Crippen LogP contribution < -0.4 is 15.5 Å². The Labute approximate surface area is 297 Å². The van der Waals surface area contributed by atoms with Gasteiger partial charge in [0.05, 0.1) is 34.3 Å². The number of anilines is 3. The van der Waals surface area contributed by atoms with Gasteiger partial charge in [0.2, 0.25) is 5.91 Å². The number of nitrogens with one attached hydrogen (secondary N) is 2. The Morgan fingerprint density at radius 3 is 2.43 bits per heavy atom. The van der Waals surface area contributed by atoms with Gasteiger partial charge in [-0.05, 0) is 116 Å². The Balaban J connectivity index is 1.13. The van der Waals surface area contributed by atoms with Crippen LogP contribution in [-0.4, -0.2) is 73.4 Å². The van der Waals surface area contributed by atoms with E-state index < -0.39 is 23.3 Å². The first-order valence-electron chi connectivity index (χ1n) is 18.3. The molecule has 0 unspecified atom stereocenters. The zero-order chi connectivity index (χ0) is 35.8. The van der Waals surface area contributed by atoms with Crippen LogP contribution in [0.3, 0.4) is 0 Å². The SMILES string of the molecule is Cc1ccc(Nc2nc(-c3cnc4c(c3)N([C@H]3C[C@@H](N5CCCCC5)C3)C(=O)C4(C)C)cc3ncn(C(C)C)c23)cc1C(=O)NC1(C(F)F)CC1. The molecule has 3 fully saturated rings. The molecule has 5 heterocycles. The zero-order valence-electron chi connectivity index (χ0n) is 30.0. The van der Waals surface area contributed by atoms with Gasteiger partial charge in [0.25, 0.3) is 12.3 Å². The van der Waals surface area contributed by atoms with Crippen LogP contribution in [0, 0.1) is 6.92 Å². The van der Waals surface area contributed by atoms with E-state index in [2.05, 4.69) is 29.4 Å². The number of fused-ring (bicyclic) bond motifs is 2. The zero-order valence-corrected chi connectivity index (χ0v) is 30.0. The highest BCUT2D eigenvalue weighted by Crippen LogP contribution is 2.47. The van der Waals surface area contributed by atoms with E-state index >= 15 is 0 Å². The maximum atomic E-state index is 13.9. The van der Waals surface area contributed by atoms with Crippen molar-refractivity contribution in [3.05, 3.63) is 59.7 Å². The van der Waals surface area contributed by atoms with Crippen LogP contribution >= 0.6 is 0 Å². The summed E-state index contributed by atoms with van der Waals surface area (Å²) in [6.07, 6.45) is 7.23. The van der Waals surface area contributed by atoms with Gasteiger partial charge in [-0.1, -0.05) is 12.5 Å². The van der Waals surface area contributed by atoms with Crippen molar-refractivity contribution in [2.75, 3.05) is 23.3 Å². The molecule has 0 spiro atoms. The molecular weight excluding hydrogens is 650 g/mol. The molecule has 0 bridgehead atoms. The topological polar surface area (TPSA) is 108 Å². The third kappa shape index (κ3) is 5.75. The molecule has 0 radical (unpaired) electrons. The number of aromatic nitrogens is 4. The number of benzene rings is 1. The van der Waals surface area contributed by atoms with Gasteiger partial charge in [0.15, 0.2) is 5.82 Å². The number of carbonyl (C=O) groups is 2. The molecule has 2 saturated carbocycles. The van der Waals surface area contributed by atoms with Crippen LogP contribution in [0.5, 0.6) is 0 Å². The van der Waals surface area contributed by atoms with E-state index in [-0.39, 0.29) is 30.8 Å².